The second kappa shape index (κ2) is 5.61. The van der Waals surface area contributed by atoms with Crippen molar-refractivity contribution >= 4 is 0 Å². The first-order valence-electron chi connectivity index (χ1n) is 5.30. The first-order chi connectivity index (χ1) is 5.94. The van der Waals surface area contributed by atoms with Gasteiger partial charge in [-0.2, -0.15) is 0 Å². The Balaban J connectivity index is 3.99. The summed E-state index contributed by atoms with van der Waals surface area (Å²) >= 11 is 0. The molecule has 2 atom stereocenters. The van der Waals surface area contributed by atoms with Crippen LogP contribution >= 0.6 is 0 Å². The number of rotatable bonds is 6. The molecule has 0 heterocycles. The molecule has 0 spiro atoms. The van der Waals surface area contributed by atoms with Gasteiger partial charge in [-0.3, -0.25) is 0 Å². The van der Waals surface area contributed by atoms with Crippen molar-refractivity contribution in [3.63, 3.8) is 0 Å². The minimum atomic E-state index is 0.179. The Kier molecular flexibility index (Phi) is 5.57. The van der Waals surface area contributed by atoms with E-state index in [1.165, 1.54) is 0 Å². The van der Waals surface area contributed by atoms with E-state index in [0.29, 0.717) is 18.4 Å². The number of nitrogens with one attached hydrogen (secondary N) is 1. The van der Waals surface area contributed by atoms with Gasteiger partial charge in [-0.05, 0) is 38.6 Å². The zero-order valence-electron chi connectivity index (χ0n) is 9.72. The lowest BCUT2D eigenvalue weighted by Crippen LogP contribution is -2.45. The van der Waals surface area contributed by atoms with E-state index in [2.05, 4.69) is 39.9 Å². The number of hydrogen-bond donors (Lipinski definition) is 2. The Labute approximate surface area is 82.7 Å². The maximum absolute atomic E-state index is 8.96. The fourth-order valence-corrected chi connectivity index (χ4v) is 1.60. The van der Waals surface area contributed by atoms with Gasteiger partial charge < -0.3 is 10.4 Å². The molecular formula is C11H25NO. The van der Waals surface area contributed by atoms with Gasteiger partial charge in [0.05, 0.1) is 0 Å². The summed E-state index contributed by atoms with van der Waals surface area (Å²) in [6.45, 7) is 12.2. The normalized spacial score (nSPS) is 17.1. The average molecular weight is 187 g/mol. The minimum absolute atomic E-state index is 0.179. The van der Waals surface area contributed by atoms with Gasteiger partial charge in [0.15, 0.2) is 0 Å². The maximum Gasteiger partial charge on any atom is 0.0456 e. The highest BCUT2D eigenvalue weighted by Crippen LogP contribution is 2.23. The summed E-state index contributed by atoms with van der Waals surface area (Å²) in [6.07, 6.45) is 1.08. The average Bonchev–Trinajstić information content (AvgIpc) is 2.04. The Morgan fingerprint density at radius 2 is 1.85 bits per heavy atom. The second-order valence-corrected chi connectivity index (χ2v) is 4.68. The molecule has 0 aliphatic heterocycles. The zero-order valence-corrected chi connectivity index (χ0v) is 9.72. The molecule has 2 nitrogen and oxygen atoms in total. The fraction of sp³-hybridized carbons (Fsp3) is 1.00. The summed E-state index contributed by atoms with van der Waals surface area (Å²) in [5.74, 6) is 1.00. The molecule has 0 radical (unpaired) electrons. The predicted octanol–water partition coefficient (Wildman–Crippen LogP) is 2.03. The summed E-state index contributed by atoms with van der Waals surface area (Å²) in [5.41, 5.74) is 0.179. The quantitative estimate of drug-likeness (QED) is 0.667. The van der Waals surface area contributed by atoms with Crippen molar-refractivity contribution in [3.05, 3.63) is 0 Å². The van der Waals surface area contributed by atoms with Crippen LogP contribution in [-0.2, 0) is 0 Å². The fourth-order valence-electron chi connectivity index (χ4n) is 1.60. The second-order valence-electron chi connectivity index (χ2n) is 4.68. The monoisotopic (exact) mass is 187 g/mol. The van der Waals surface area contributed by atoms with Gasteiger partial charge in [0, 0.05) is 12.1 Å². The number of aliphatic hydroxyl groups excluding tert-OH is 1. The van der Waals surface area contributed by atoms with E-state index in [-0.39, 0.29) is 5.54 Å². The summed E-state index contributed by atoms with van der Waals surface area (Å²) in [5, 5.41) is 12.4. The Bertz CT molecular complexity index is 134. The van der Waals surface area contributed by atoms with Gasteiger partial charge in [-0.15, -0.1) is 0 Å². The molecule has 2 N–H and O–H groups in total. The van der Waals surface area contributed by atoms with Crippen LogP contribution < -0.4 is 5.32 Å². The van der Waals surface area contributed by atoms with Crippen LogP contribution in [0.2, 0.25) is 0 Å². The molecule has 0 aliphatic carbocycles. The number of hydrogen-bond acceptors (Lipinski definition) is 2. The van der Waals surface area contributed by atoms with Crippen LogP contribution in [0.5, 0.6) is 0 Å². The minimum Gasteiger partial charge on any atom is -0.396 e. The lowest BCUT2D eigenvalue weighted by molar-refractivity contribution is 0.178. The molecule has 0 saturated heterocycles. The molecule has 0 amide bonds. The van der Waals surface area contributed by atoms with E-state index in [9.17, 15) is 0 Å². The molecule has 0 rings (SSSR count). The van der Waals surface area contributed by atoms with Crippen LogP contribution in [0.25, 0.3) is 0 Å². The van der Waals surface area contributed by atoms with Crippen LogP contribution in [0.1, 0.15) is 41.0 Å². The topological polar surface area (TPSA) is 32.3 Å². The molecule has 2 heteroatoms. The first kappa shape index (κ1) is 12.9. The Morgan fingerprint density at radius 1 is 1.31 bits per heavy atom. The van der Waals surface area contributed by atoms with Crippen LogP contribution in [0.15, 0.2) is 0 Å². The highest BCUT2D eigenvalue weighted by molar-refractivity contribution is 4.83. The van der Waals surface area contributed by atoms with Crippen molar-refractivity contribution in [2.75, 3.05) is 13.2 Å². The van der Waals surface area contributed by atoms with E-state index >= 15 is 0 Å². The molecule has 80 valence electrons. The molecular weight excluding hydrogens is 162 g/mol. The first-order valence-corrected chi connectivity index (χ1v) is 5.30. The third-order valence-corrected chi connectivity index (χ3v) is 2.93. The molecule has 0 aliphatic rings. The zero-order chi connectivity index (χ0) is 10.5. The summed E-state index contributed by atoms with van der Waals surface area (Å²) in [6, 6.07) is 0. The van der Waals surface area contributed by atoms with Crippen molar-refractivity contribution in [1.82, 2.24) is 5.32 Å². The van der Waals surface area contributed by atoms with Crippen molar-refractivity contribution in [1.29, 1.82) is 0 Å². The lowest BCUT2D eigenvalue weighted by atomic mass is 9.82. The Morgan fingerprint density at radius 3 is 2.23 bits per heavy atom. The van der Waals surface area contributed by atoms with Crippen molar-refractivity contribution < 1.29 is 5.11 Å². The number of aliphatic hydroxyl groups is 1. The highest BCUT2D eigenvalue weighted by atomic mass is 16.3. The molecule has 0 aromatic carbocycles. The van der Waals surface area contributed by atoms with Gasteiger partial charge >= 0.3 is 0 Å². The van der Waals surface area contributed by atoms with Crippen LogP contribution in [-0.4, -0.2) is 23.8 Å². The van der Waals surface area contributed by atoms with E-state index in [0.717, 1.165) is 13.0 Å². The third-order valence-electron chi connectivity index (χ3n) is 2.93. The predicted molar refractivity (Wildman–Crippen MR) is 57.8 cm³/mol. The molecule has 0 saturated carbocycles. The van der Waals surface area contributed by atoms with Crippen LogP contribution in [0.4, 0.5) is 0 Å². The molecule has 0 aromatic rings. The molecule has 2 unspecified atom stereocenters. The Hall–Kier alpha value is -0.0800. The largest absolute Gasteiger partial charge is 0.396 e. The van der Waals surface area contributed by atoms with Gasteiger partial charge in [0.1, 0.15) is 0 Å². The summed E-state index contributed by atoms with van der Waals surface area (Å²) < 4.78 is 0. The van der Waals surface area contributed by atoms with Crippen molar-refractivity contribution in [2.24, 2.45) is 11.8 Å². The van der Waals surface area contributed by atoms with Gasteiger partial charge in [-0.1, -0.05) is 20.8 Å². The molecule has 0 fully saturated rings. The summed E-state index contributed by atoms with van der Waals surface area (Å²) in [4.78, 5) is 0. The van der Waals surface area contributed by atoms with E-state index in [1.807, 2.05) is 0 Å². The standard InChI is InChI=1S/C11H25NO/c1-6-12-11(4,5)10(3)7-9(2)8-13/h9-10,12-13H,6-8H2,1-5H3. The van der Waals surface area contributed by atoms with Crippen molar-refractivity contribution in [2.45, 2.75) is 46.6 Å². The third kappa shape index (κ3) is 4.63. The molecule has 0 aromatic heterocycles. The SMILES string of the molecule is CCNC(C)(C)C(C)CC(C)CO. The smallest absolute Gasteiger partial charge is 0.0456 e. The van der Waals surface area contributed by atoms with Crippen LogP contribution in [0, 0.1) is 11.8 Å². The summed E-state index contributed by atoms with van der Waals surface area (Å²) in [7, 11) is 0. The van der Waals surface area contributed by atoms with Crippen molar-refractivity contribution in [3.8, 4) is 0 Å². The van der Waals surface area contributed by atoms with E-state index < -0.39 is 0 Å². The molecule has 0 bridgehead atoms. The van der Waals surface area contributed by atoms with E-state index in [4.69, 9.17) is 5.11 Å². The molecule has 13 heavy (non-hydrogen) atoms. The van der Waals surface area contributed by atoms with Gasteiger partial charge in [-0.25, -0.2) is 0 Å². The van der Waals surface area contributed by atoms with E-state index in [1.54, 1.807) is 0 Å². The maximum atomic E-state index is 8.96. The highest BCUT2D eigenvalue weighted by Gasteiger charge is 2.25. The van der Waals surface area contributed by atoms with Gasteiger partial charge in [0.2, 0.25) is 0 Å². The van der Waals surface area contributed by atoms with Gasteiger partial charge in [0.25, 0.3) is 0 Å². The van der Waals surface area contributed by atoms with Crippen LogP contribution in [0.3, 0.4) is 0 Å². The lowest BCUT2D eigenvalue weighted by Gasteiger charge is -2.34.